The van der Waals surface area contributed by atoms with Crippen LogP contribution in [-0.2, 0) is 5.75 Å². The van der Waals surface area contributed by atoms with Gasteiger partial charge in [-0.3, -0.25) is 0 Å². The molecule has 0 fully saturated rings. The Morgan fingerprint density at radius 2 is 2.22 bits per heavy atom. The molecule has 1 rings (SSSR count). The van der Waals surface area contributed by atoms with Crippen LogP contribution in [0.3, 0.4) is 0 Å². The van der Waals surface area contributed by atoms with Gasteiger partial charge in [-0.05, 0) is 30.4 Å². The molecule has 50 valence electrons. The average Bonchev–Trinajstić information content (AvgIpc) is 2.15. The van der Waals surface area contributed by atoms with E-state index in [2.05, 4.69) is 31.9 Å². The fraction of sp³-hybridized carbons (Fsp3) is 0.429. The summed E-state index contributed by atoms with van der Waals surface area (Å²) in [6.45, 7) is 4.29. The summed E-state index contributed by atoms with van der Waals surface area (Å²) in [6, 6.07) is 0. The largest absolute Gasteiger partial charge is 0.174 e. The van der Waals surface area contributed by atoms with E-state index in [-0.39, 0.29) is 0 Å². The number of hydrogen-bond acceptors (Lipinski definition) is 2. The molecule has 0 N–H and O–H groups in total. The molecule has 0 aliphatic rings. The van der Waals surface area contributed by atoms with E-state index in [1.54, 1.807) is 11.3 Å². The molecular formula is C7H10S2. The molecule has 1 aromatic rings. The summed E-state index contributed by atoms with van der Waals surface area (Å²) < 4.78 is 0. The van der Waals surface area contributed by atoms with Crippen molar-refractivity contribution in [3.05, 3.63) is 21.4 Å². The highest BCUT2D eigenvalue weighted by atomic mass is 32.1. The van der Waals surface area contributed by atoms with Crippen LogP contribution in [0.5, 0.6) is 0 Å². The fourth-order valence-electron chi connectivity index (χ4n) is 0.712. The summed E-state index contributed by atoms with van der Waals surface area (Å²) in [5.41, 5.74) is 2.80. The number of thiol groups is 1. The lowest BCUT2D eigenvalue weighted by atomic mass is 10.2. The molecule has 9 heavy (non-hydrogen) atoms. The maximum atomic E-state index is 4.20. The number of thiophene rings is 1. The normalized spacial score (nSPS) is 10.1. The van der Waals surface area contributed by atoms with Crippen molar-refractivity contribution in [1.82, 2.24) is 0 Å². The molecule has 1 heterocycles. The molecule has 0 bridgehead atoms. The minimum absolute atomic E-state index is 0.879. The maximum absolute atomic E-state index is 4.20. The Bertz CT molecular complexity index is 201. The Kier molecular flexibility index (Phi) is 2.19. The van der Waals surface area contributed by atoms with E-state index in [4.69, 9.17) is 0 Å². The highest BCUT2D eigenvalue weighted by Crippen LogP contribution is 2.21. The molecule has 0 atom stereocenters. The van der Waals surface area contributed by atoms with E-state index in [1.807, 2.05) is 0 Å². The number of rotatable bonds is 1. The predicted molar refractivity (Wildman–Crippen MR) is 46.5 cm³/mol. The third-order valence-electron chi connectivity index (χ3n) is 1.53. The molecule has 0 amide bonds. The molecule has 2 heteroatoms. The van der Waals surface area contributed by atoms with Crippen LogP contribution in [0.4, 0.5) is 0 Å². The van der Waals surface area contributed by atoms with Crippen molar-refractivity contribution in [2.24, 2.45) is 0 Å². The van der Waals surface area contributed by atoms with E-state index in [9.17, 15) is 0 Å². The quantitative estimate of drug-likeness (QED) is 0.597. The lowest BCUT2D eigenvalue weighted by Gasteiger charge is -1.91. The van der Waals surface area contributed by atoms with Crippen molar-refractivity contribution in [2.75, 3.05) is 0 Å². The third-order valence-corrected chi connectivity index (χ3v) is 3.27. The molecule has 0 unspecified atom stereocenters. The first kappa shape index (κ1) is 7.16. The molecule has 0 saturated carbocycles. The second-order valence-electron chi connectivity index (χ2n) is 2.13. The third kappa shape index (κ3) is 1.30. The van der Waals surface area contributed by atoms with Gasteiger partial charge in [0.25, 0.3) is 0 Å². The smallest absolute Gasteiger partial charge is 0.0251 e. The zero-order valence-electron chi connectivity index (χ0n) is 5.64. The van der Waals surface area contributed by atoms with Gasteiger partial charge in [0.05, 0.1) is 0 Å². The molecule has 0 nitrogen and oxygen atoms in total. The van der Waals surface area contributed by atoms with Crippen molar-refractivity contribution < 1.29 is 0 Å². The van der Waals surface area contributed by atoms with Crippen LogP contribution in [-0.4, -0.2) is 0 Å². The van der Waals surface area contributed by atoms with Crippen LogP contribution >= 0.6 is 24.0 Å². The molecule has 0 aliphatic heterocycles. The van der Waals surface area contributed by atoms with Gasteiger partial charge in [0.2, 0.25) is 0 Å². The Balaban J connectivity index is 3.04. The van der Waals surface area contributed by atoms with Gasteiger partial charge in [0.1, 0.15) is 0 Å². The van der Waals surface area contributed by atoms with E-state index < -0.39 is 0 Å². The predicted octanol–water partition coefficient (Wildman–Crippen LogP) is 2.79. The summed E-state index contributed by atoms with van der Waals surface area (Å²) in [4.78, 5) is 1.40. The first-order chi connectivity index (χ1) is 4.25. The van der Waals surface area contributed by atoms with Crippen LogP contribution in [0.1, 0.15) is 16.0 Å². The van der Waals surface area contributed by atoms with E-state index in [1.165, 1.54) is 16.0 Å². The van der Waals surface area contributed by atoms with E-state index in [0.29, 0.717) is 0 Å². The van der Waals surface area contributed by atoms with Crippen molar-refractivity contribution in [1.29, 1.82) is 0 Å². The molecule has 0 saturated heterocycles. The van der Waals surface area contributed by atoms with Gasteiger partial charge in [0, 0.05) is 10.6 Å². The molecular weight excluding hydrogens is 148 g/mol. The average molecular weight is 158 g/mol. The second-order valence-corrected chi connectivity index (χ2v) is 3.41. The molecule has 0 aromatic carbocycles. The molecule has 0 spiro atoms. The number of aryl methyl sites for hydroxylation is 1. The van der Waals surface area contributed by atoms with Gasteiger partial charge in [-0.25, -0.2) is 0 Å². The highest BCUT2D eigenvalue weighted by Gasteiger charge is 1.99. The van der Waals surface area contributed by atoms with Gasteiger partial charge in [-0.15, -0.1) is 11.3 Å². The first-order valence-electron chi connectivity index (χ1n) is 2.90. The topological polar surface area (TPSA) is 0 Å². The summed E-state index contributed by atoms with van der Waals surface area (Å²) in [6.07, 6.45) is 0. The minimum atomic E-state index is 0.879. The van der Waals surface area contributed by atoms with E-state index >= 15 is 0 Å². The Hall–Kier alpha value is 0.0500. The summed E-state index contributed by atoms with van der Waals surface area (Å²) >= 11 is 6.00. The van der Waals surface area contributed by atoms with E-state index in [0.717, 1.165) is 5.75 Å². The van der Waals surface area contributed by atoms with Crippen molar-refractivity contribution in [3.8, 4) is 0 Å². The van der Waals surface area contributed by atoms with Crippen LogP contribution in [0.15, 0.2) is 5.38 Å². The van der Waals surface area contributed by atoms with Gasteiger partial charge in [-0.2, -0.15) is 12.6 Å². The molecule has 1 aromatic heterocycles. The zero-order valence-corrected chi connectivity index (χ0v) is 7.35. The lowest BCUT2D eigenvalue weighted by molar-refractivity contribution is 1.34. The molecule has 0 radical (unpaired) electrons. The zero-order chi connectivity index (χ0) is 6.85. The van der Waals surface area contributed by atoms with Crippen LogP contribution in [0.25, 0.3) is 0 Å². The van der Waals surface area contributed by atoms with Gasteiger partial charge in [0.15, 0.2) is 0 Å². The lowest BCUT2D eigenvalue weighted by Crippen LogP contribution is -1.75. The van der Waals surface area contributed by atoms with Gasteiger partial charge < -0.3 is 0 Å². The summed E-state index contributed by atoms with van der Waals surface area (Å²) in [5, 5.41) is 2.18. The Labute approximate surface area is 65.3 Å². The molecule has 0 aliphatic carbocycles. The first-order valence-corrected chi connectivity index (χ1v) is 4.41. The maximum Gasteiger partial charge on any atom is 0.0251 e. The summed E-state index contributed by atoms with van der Waals surface area (Å²) in [5.74, 6) is 0.879. The monoisotopic (exact) mass is 158 g/mol. The van der Waals surface area contributed by atoms with Crippen LogP contribution in [0, 0.1) is 13.8 Å². The number of hydrogen-bond donors (Lipinski definition) is 1. The summed E-state index contributed by atoms with van der Waals surface area (Å²) in [7, 11) is 0. The second kappa shape index (κ2) is 2.76. The SMILES string of the molecule is Cc1csc(CS)c1C. The Morgan fingerprint density at radius 3 is 2.44 bits per heavy atom. The van der Waals surface area contributed by atoms with Crippen molar-refractivity contribution >= 4 is 24.0 Å². The standard InChI is InChI=1S/C7H10S2/c1-5-4-9-7(3-8)6(5)2/h4,8H,3H2,1-2H3. The van der Waals surface area contributed by atoms with Crippen LogP contribution in [0.2, 0.25) is 0 Å². The Morgan fingerprint density at radius 1 is 1.56 bits per heavy atom. The highest BCUT2D eigenvalue weighted by molar-refractivity contribution is 7.79. The fourth-order valence-corrected chi connectivity index (χ4v) is 2.08. The minimum Gasteiger partial charge on any atom is -0.174 e. The van der Waals surface area contributed by atoms with Crippen LogP contribution < -0.4 is 0 Å². The van der Waals surface area contributed by atoms with Crippen molar-refractivity contribution in [2.45, 2.75) is 19.6 Å². The van der Waals surface area contributed by atoms with Crippen molar-refractivity contribution in [3.63, 3.8) is 0 Å². The van der Waals surface area contributed by atoms with Gasteiger partial charge >= 0.3 is 0 Å². The van der Waals surface area contributed by atoms with Gasteiger partial charge in [-0.1, -0.05) is 0 Å².